The van der Waals surface area contributed by atoms with Gasteiger partial charge in [0, 0.05) is 12.7 Å². The van der Waals surface area contributed by atoms with Gasteiger partial charge in [0.05, 0.1) is 16.1 Å². The second kappa shape index (κ2) is 5.77. The molecule has 3 nitrogen and oxygen atoms in total. The van der Waals surface area contributed by atoms with Crippen molar-refractivity contribution >= 4 is 17.4 Å². The molecule has 3 N–H and O–H groups in total. The van der Waals surface area contributed by atoms with E-state index in [0.717, 1.165) is 44.4 Å². The average molecular weight is 308 g/mol. The Hall–Kier alpha value is -1.01. The van der Waals surface area contributed by atoms with E-state index in [1.165, 1.54) is 0 Å². The topological polar surface area (TPSA) is 50.9 Å². The minimum atomic E-state index is -4.44. The molecule has 112 valence electrons. The molecule has 1 aromatic rings. The summed E-state index contributed by atoms with van der Waals surface area (Å²) in [6.45, 7) is 0.409. The van der Waals surface area contributed by atoms with E-state index in [2.05, 4.69) is 10.3 Å². The molecule has 1 heterocycles. The highest BCUT2D eigenvalue weighted by atomic mass is 35.5. The number of nitrogens with two attached hydrogens (primary N) is 1. The molecule has 0 amide bonds. The van der Waals surface area contributed by atoms with Gasteiger partial charge in [0.2, 0.25) is 0 Å². The van der Waals surface area contributed by atoms with E-state index in [0.29, 0.717) is 6.54 Å². The maximum Gasteiger partial charge on any atom is 0.417 e. The van der Waals surface area contributed by atoms with E-state index in [1.54, 1.807) is 0 Å². The van der Waals surface area contributed by atoms with Gasteiger partial charge in [0.25, 0.3) is 0 Å². The number of alkyl halides is 3. The monoisotopic (exact) mass is 307 g/mol. The SMILES string of the molecule is NCC1(Nc2ncc(C(F)(F)F)cc2Cl)CCCCC1. The summed E-state index contributed by atoms with van der Waals surface area (Å²) < 4.78 is 37.7. The number of hydrogen-bond acceptors (Lipinski definition) is 3. The highest BCUT2D eigenvalue weighted by molar-refractivity contribution is 6.33. The van der Waals surface area contributed by atoms with Crippen molar-refractivity contribution in [2.24, 2.45) is 5.73 Å². The molecule has 0 aromatic carbocycles. The van der Waals surface area contributed by atoms with Crippen LogP contribution in [0.3, 0.4) is 0 Å². The predicted molar refractivity (Wildman–Crippen MR) is 72.7 cm³/mol. The maximum absolute atomic E-state index is 12.6. The molecule has 7 heteroatoms. The van der Waals surface area contributed by atoms with Crippen molar-refractivity contribution in [1.82, 2.24) is 4.98 Å². The van der Waals surface area contributed by atoms with E-state index in [4.69, 9.17) is 17.3 Å². The Balaban J connectivity index is 2.21. The van der Waals surface area contributed by atoms with Crippen LogP contribution in [0, 0.1) is 0 Å². The first-order valence-corrected chi connectivity index (χ1v) is 6.95. The van der Waals surface area contributed by atoms with Gasteiger partial charge >= 0.3 is 6.18 Å². The summed E-state index contributed by atoms with van der Waals surface area (Å²) in [7, 11) is 0. The Morgan fingerprint density at radius 2 is 1.95 bits per heavy atom. The van der Waals surface area contributed by atoms with E-state index in [-0.39, 0.29) is 16.4 Å². The lowest BCUT2D eigenvalue weighted by Crippen LogP contribution is -2.47. The number of aromatic nitrogens is 1. The highest BCUT2D eigenvalue weighted by Crippen LogP contribution is 2.35. The molecule has 20 heavy (non-hydrogen) atoms. The molecule has 0 unspecified atom stereocenters. The lowest BCUT2D eigenvalue weighted by atomic mass is 9.81. The molecule has 1 aliphatic carbocycles. The van der Waals surface area contributed by atoms with Gasteiger partial charge in [0.15, 0.2) is 0 Å². The molecule has 0 spiro atoms. The molecular formula is C13H17ClF3N3. The van der Waals surface area contributed by atoms with Gasteiger partial charge < -0.3 is 11.1 Å². The number of rotatable bonds is 3. The van der Waals surface area contributed by atoms with E-state index >= 15 is 0 Å². The molecule has 0 radical (unpaired) electrons. The van der Waals surface area contributed by atoms with Gasteiger partial charge in [0.1, 0.15) is 5.82 Å². The normalized spacial score (nSPS) is 18.9. The van der Waals surface area contributed by atoms with Crippen LogP contribution in [0.2, 0.25) is 5.02 Å². The lowest BCUT2D eigenvalue weighted by molar-refractivity contribution is -0.137. The van der Waals surface area contributed by atoms with Crippen molar-refractivity contribution in [3.8, 4) is 0 Å². The smallest absolute Gasteiger partial charge is 0.362 e. The second-order valence-corrected chi connectivity index (χ2v) is 5.63. The van der Waals surface area contributed by atoms with Crippen molar-refractivity contribution in [1.29, 1.82) is 0 Å². The van der Waals surface area contributed by atoms with Crippen LogP contribution < -0.4 is 11.1 Å². The van der Waals surface area contributed by atoms with E-state index < -0.39 is 11.7 Å². The largest absolute Gasteiger partial charge is 0.417 e. The van der Waals surface area contributed by atoms with Crippen molar-refractivity contribution in [3.63, 3.8) is 0 Å². The average Bonchev–Trinajstić information content (AvgIpc) is 2.41. The third kappa shape index (κ3) is 3.35. The molecule has 1 saturated carbocycles. The van der Waals surface area contributed by atoms with Crippen molar-refractivity contribution in [2.45, 2.75) is 43.8 Å². The fraction of sp³-hybridized carbons (Fsp3) is 0.615. The highest BCUT2D eigenvalue weighted by Gasteiger charge is 2.34. The number of anilines is 1. The lowest BCUT2D eigenvalue weighted by Gasteiger charge is -2.37. The Kier molecular flexibility index (Phi) is 4.44. The first-order chi connectivity index (χ1) is 9.36. The molecular weight excluding hydrogens is 291 g/mol. The van der Waals surface area contributed by atoms with Gasteiger partial charge in [-0.3, -0.25) is 0 Å². The Morgan fingerprint density at radius 1 is 1.30 bits per heavy atom. The molecule has 0 bridgehead atoms. The summed E-state index contributed by atoms with van der Waals surface area (Å²) in [5.41, 5.74) is 4.66. The van der Waals surface area contributed by atoms with E-state index in [9.17, 15) is 13.2 Å². The summed E-state index contributed by atoms with van der Waals surface area (Å²) in [6.07, 6.45) is 1.35. The zero-order valence-electron chi connectivity index (χ0n) is 10.9. The van der Waals surface area contributed by atoms with Crippen LogP contribution in [0.1, 0.15) is 37.7 Å². The van der Waals surface area contributed by atoms with Crippen molar-refractivity contribution < 1.29 is 13.2 Å². The van der Waals surface area contributed by atoms with Crippen LogP contribution in [-0.4, -0.2) is 17.1 Å². The van der Waals surface area contributed by atoms with Crippen LogP contribution in [0.25, 0.3) is 0 Å². The fourth-order valence-corrected chi connectivity index (χ4v) is 2.76. The molecule has 2 rings (SSSR count). The predicted octanol–water partition coefficient (Wildman–Crippen LogP) is 3.83. The Labute approximate surface area is 120 Å². The zero-order chi connectivity index (χ0) is 14.8. The zero-order valence-corrected chi connectivity index (χ0v) is 11.7. The minimum Gasteiger partial charge on any atom is -0.362 e. The minimum absolute atomic E-state index is 0.0294. The first-order valence-electron chi connectivity index (χ1n) is 6.57. The fourth-order valence-electron chi connectivity index (χ4n) is 2.54. The molecule has 0 atom stereocenters. The molecule has 1 aliphatic rings. The summed E-state index contributed by atoms with van der Waals surface area (Å²) in [5, 5.41) is 3.13. The first kappa shape index (κ1) is 15.4. The summed E-state index contributed by atoms with van der Waals surface area (Å²) in [4.78, 5) is 3.81. The summed E-state index contributed by atoms with van der Waals surface area (Å²) >= 11 is 5.91. The molecule has 0 aliphatic heterocycles. The van der Waals surface area contributed by atoms with Crippen molar-refractivity contribution in [2.75, 3.05) is 11.9 Å². The third-order valence-corrected chi connectivity index (χ3v) is 4.04. The number of hydrogen-bond donors (Lipinski definition) is 2. The van der Waals surface area contributed by atoms with Crippen molar-refractivity contribution in [3.05, 3.63) is 22.8 Å². The van der Waals surface area contributed by atoms with Gasteiger partial charge in [-0.1, -0.05) is 30.9 Å². The molecule has 0 saturated heterocycles. The van der Waals surface area contributed by atoms with E-state index in [1.807, 2.05) is 0 Å². The van der Waals surface area contributed by atoms with Crippen LogP contribution >= 0.6 is 11.6 Å². The third-order valence-electron chi connectivity index (χ3n) is 3.75. The maximum atomic E-state index is 12.6. The summed E-state index contributed by atoms with van der Waals surface area (Å²) in [5.74, 6) is 0.270. The molecule has 1 fully saturated rings. The van der Waals surface area contributed by atoms with Crippen LogP contribution in [-0.2, 0) is 6.18 Å². The second-order valence-electron chi connectivity index (χ2n) is 5.22. The number of pyridine rings is 1. The molecule has 1 aromatic heterocycles. The number of nitrogens with one attached hydrogen (secondary N) is 1. The van der Waals surface area contributed by atoms with Gasteiger partial charge in [-0.15, -0.1) is 0 Å². The Morgan fingerprint density at radius 3 is 2.45 bits per heavy atom. The van der Waals surface area contributed by atoms with Gasteiger partial charge in [-0.05, 0) is 18.9 Å². The van der Waals surface area contributed by atoms with Gasteiger partial charge in [-0.25, -0.2) is 4.98 Å². The number of nitrogens with zero attached hydrogens (tertiary/aromatic N) is 1. The number of halogens is 4. The summed E-state index contributed by atoms with van der Waals surface area (Å²) in [6, 6.07) is 0.893. The standard InChI is InChI=1S/C13H17ClF3N3/c14-10-6-9(13(15,16)17)7-19-11(10)20-12(8-18)4-2-1-3-5-12/h6-7H,1-5,8,18H2,(H,19,20). The van der Waals surface area contributed by atoms with Crippen LogP contribution in [0.5, 0.6) is 0 Å². The van der Waals surface area contributed by atoms with Gasteiger partial charge in [-0.2, -0.15) is 13.2 Å². The van der Waals surface area contributed by atoms with Crippen LogP contribution in [0.4, 0.5) is 19.0 Å². The quantitative estimate of drug-likeness (QED) is 0.892. The van der Waals surface area contributed by atoms with Crippen LogP contribution in [0.15, 0.2) is 12.3 Å². The Bertz CT molecular complexity index is 470.